The summed E-state index contributed by atoms with van der Waals surface area (Å²) in [5.74, 6) is 1.03. The molecule has 120 valence electrons. The highest BCUT2D eigenvalue weighted by Crippen LogP contribution is 2.41. The smallest absolute Gasteiger partial charge is 0.337 e. The highest BCUT2D eigenvalue weighted by molar-refractivity contribution is 5.90. The molecule has 0 unspecified atom stereocenters. The lowest BCUT2D eigenvalue weighted by Gasteiger charge is -2.26. The van der Waals surface area contributed by atoms with Crippen molar-refractivity contribution in [3.05, 3.63) is 29.3 Å². The van der Waals surface area contributed by atoms with Crippen LogP contribution in [-0.4, -0.2) is 57.4 Å². The third-order valence-corrected chi connectivity index (χ3v) is 4.18. The number of rotatable bonds is 6. The SMILES string of the molecule is COC(=O)c1cc(OCCN2CCOCC2)cc(C2CC2)c1. The molecule has 0 amide bonds. The lowest BCUT2D eigenvalue weighted by atomic mass is 10.1. The van der Waals surface area contributed by atoms with E-state index in [1.165, 1.54) is 25.5 Å². The van der Waals surface area contributed by atoms with Crippen LogP contribution in [0.15, 0.2) is 18.2 Å². The zero-order valence-corrected chi connectivity index (χ0v) is 13.0. The summed E-state index contributed by atoms with van der Waals surface area (Å²) in [5, 5.41) is 0. The molecule has 0 N–H and O–H groups in total. The summed E-state index contributed by atoms with van der Waals surface area (Å²) >= 11 is 0. The van der Waals surface area contributed by atoms with Crippen molar-refractivity contribution in [3.8, 4) is 5.75 Å². The van der Waals surface area contributed by atoms with Crippen molar-refractivity contribution in [3.63, 3.8) is 0 Å². The van der Waals surface area contributed by atoms with E-state index in [2.05, 4.69) is 11.0 Å². The van der Waals surface area contributed by atoms with Gasteiger partial charge in [-0.2, -0.15) is 0 Å². The quantitative estimate of drug-likeness (QED) is 0.753. The molecule has 1 saturated heterocycles. The summed E-state index contributed by atoms with van der Waals surface area (Å²) in [6, 6.07) is 5.76. The molecule has 1 saturated carbocycles. The number of ether oxygens (including phenoxy) is 3. The van der Waals surface area contributed by atoms with Gasteiger partial charge in [-0.15, -0.1) is 0 Å². The van der Waals surface area contributed by atoms with E-state index in [9.17, 15) is 4.79 Å². The Morgan fingerprint density at radius 1 is 1.27 bits per heavy atom. The Hall–Kier alpha value is -1.59. The van der Waals surface area contributed by atoms with Gasteiger partial charge in [0.25, 0.3) is 0 Å². The van der Waals surface area contributed by atoms with Gasteiger partial charge in [-0.1, -0.05) is 0 Å². The summed E-state index contributed by atoms with van der Waals surface area (Å²) < 4.78 is 16.0. The average molecular weight is 305 g/mol. The van der Waals surface area contributed by atoms with Gasteiger partial charge in [-0.25, -0.2) is 4.79 Å². The molecule has 2 fully saturated rings. The zero-order chi connectivity index (χ0) is 15.4. The third-order valence-electron chi connectivity index (χ3n) is 4.18. The minimum Gasteiger partial charge on any atom is -0.492 e. The number of hydrogen-bond donors (Lipinski definition) is 0. The van der Waals surface area contributed by atoms with Crippen LogP contribution in [0.2, 0.25) is 0 Å². The molecule has 2 aliphatic rings. The van der Waals surface area contributed by atoms with Crippen LogP contribution in [0.1, 0.15) is 34.7 Å². The highest BCUT2D eigenvalue weighted by atomic mass is 16.5. The van der Waals surface area contributed by atoms with Crippen molar-refractivity contribution in [1.29, 1.82) is 0 Å². The fourth-order valence-electron chi connectivity index (χ4n) is 2.71. The number of nitrogens with zero attached hydrogens (tertiary/aromatic N) is 1. The molecule has 0 radical (unpaired) electrons. The van der Waals surface area contributed by atoms with Gasteiger partial charge in [-0.3, -0.25) is 4.90 Å². The fraction of sp³-hybridized carbons (Fsp3) is 0.588. The van der Waals surface area contributed by atoms with E-state index >= 15 is 0 Å². The normalized spacial score (nSPS) is 19.0. The first-order valence-corrected chi connectivity index (χ1v) is 7.92. The number of esters is 1. The standard InChI is InChI=1S/C17H23NO4/c1-20-17(19)15-10-14(13-2-3-13)11-16(12-15)22-9-6-18-4-7-21-8-5-18/h10-13H,2-9H2,1H3. The molecule has 0 spiro atoms. The average Bonchev–Trinajstić information content (AvgIpc) is 3.40. The molecule has 5 nitrogen and oxygen atoms in total. The monoisotopic (exact) mass is 305 g/mol. The van der Waals surface area contributed by atoms with Crippen LogP contribution < -0.4 is 4.74 Å². The third kappa shape index (κ3) is 3.99. The highest BCUT2D eigenvalue weighted by Gasteiger charge is 2.25. The molecule has 1 aromatic carbocycles. The Morgan fingerprint density at radius 2 is 2.05 bits per heavy atom. The van der Waals surface area contributed by atoms with Gasteiger partial charge in [-0.05, 0) is 42.5 Å². The number of carbonyl (C=O) groups excluding carboxylic acids is 1. The summed E-state index contributed by atoms with van der Waals surface area (Å²) in [4.78, 5) is 14.1. The summed E-state index contributed by atoms with van der Waals surface area (Å²) in [6.45, 7) is 5.00. The first-order chi connectivity index (χ1) is 10.8. The summed E-state index contributed by atoms with van der Waals surface area (Å²) in [6.07, 6.45) is 2.38. The van der Waals surface area contributed by atoms with Crippen LogP contribution in [0, 0.1) is 0 Å². The molecule has 1 aliphatic heterocycles. The zero-order valence-electron chi connectivity index (χ0n) is 13.0. The van der Waals surface area contributed by atoms with Crippen LogP contribution >= 0.6 is 0 Å². The molecule has 0 bridgehead atoms. The predicted octanol–water partition coefficient (Wildman–Crippen LogP) is 2.06. The Morgan fingerprint density at radius 3 is 2.73 bits per heavy atom. The van der Waals surface area contributed by atoms with Crippen molar-refractivity contribution in [2.75, 3.05) is 46.6 Å². The van der Waals surface area contributed by atoms with Crippen LogP contribution in [0.5, 0.6) is 5.75 Å². The van der Waals surface area contributed by atoms with Crippen molar-refractivity contribution in [2.45, 2.75) is 18.8 Å². The van der Waals surface area contributed by atoms with Crippen LogP contribution in [0.3, 0.4) is 0 Å². The van der Waals surface area contributed by atoms with E-state index in [0.29, 0.717) is 18.1 Å². The van der Waals surface area contributed by atoms with E-state index in [1.54, 1.807) is 6.07 Å². The van der Waals surface area contributed by atoms with Crippen LogP contribution in [0.4, 0.5) is 0 Å². The van der Waals surface area contributed by atoms with E-state index in [4.69, 9.17) is 14.2 Å². The Kier molecular flexibility index (Phi) is 4.95. The van der Waals surface area contributed by atoms with Crippen molar-refractivity contribution < 1.29 is 19.0 Å². The van der Waals surface area contributed by atoms with E-state index in [1.807, 2.05) is 6.07 Å². The Balaban J connectivity index is 1.61. The van der Waals surface area contributed by atoms with E-state index in [0.717, 1.165) is 38.6 Å². The fourth-order valence-corrected chi connectivity index (χ4v) is 2.71. The molecule has 5 heteroatoms. The van der Waals surface area contributed by atoms with Crippen molar-refractivity contribution >= 4 is 5.97 Å². The summed E-state index contributed by atoms with van der Waals surface area (Å²) in [7, 11) is 1.41. The molecule has 1 aromatic rings. The lowest BCUT2D eigenvalue weighted by Crippen LogP contribution is -2.38. The Labute approximate surface area is 131 Å². The van der Waals surface area contributed by atoms with Gasteiger partial charge in [0.1, 0.15) is 12.4 Å². The van der Waals surface area contributed by atoms with Crippen molar-refractivity contribution in [2.24, 2.45) is 0 Å². The first kappa shape index (κ1) is 15.3. The molecule has 0 aromatic heterocycles. The van der Waals surface area contributed by atoms with Crippen LogP contribution in [0.25, 0.3) is 0 Å². The first-order valence-electron chi connectivity index (χ1n) is 7.92. The number of benzene rings is 1. The maximum absolute atomic E-state index is 11.8. The molecule has 1 aliphatic carbocycles. The lowest BCUT2D eigenvalue weighted by molar-refractivity contribution is 0.0322. The molecule has 0 atom stereocenters. The minimum absolute atomic E-state index is 0.305. The Bertz CT molecular complexity index is 521. The van der Waals surface area contributed by atoms with E-state index < -0.39 is 0 Å². The van der Waals surface area contributed by atoms with Gasteiger partial charge in [0.05, 0.1) is 25.9 Å². The molecular weight excluding hydrogens is 282 g/mol. The number of hydrogen-bond acceptors (Lipinski definition) is 5. The van der Waals surface area contributed by atoms with Crippen LogP contribution in [-0.2, 0) is 9.47 Å². The van der Waals surface area contributed by atoms with Gasteiger partial charge in [0.2, 0.25) is 0 Å². The maximum Gasteiger partial charge on any atom is 0.337 e. The second-order valence-electron chi connectivity index (χ2n) is 5.86. The van der Waals surface area contributed by atoms with Gasteiger partial charge in [0, 0.05) is 19.6 Å². The molecule has 3 rings (SSSR count). The largest absolute Gasteiger partial charge is 0.492 e. The second kappa shape index (κ2) is 7.11. The number of morpholine rings is 1. The predicted molar refractivity (Wildman–Crippen MR) is 82.5 cm³/mol. The van der Waals surface area contributed by atoms with Gasteiger partial charge in [0.15, 0.2) is 0 Å². The molecular formula is C17H23NO4. The summed E-state index contributed by atoms with van der Waals surface area (Å²) in [5.41, 5.74) is 1.76. The topological polar surface area (TPSA) is 48.0 Å². The minimum atomic E-state index is -0.305. The molecule has 1 heterocycles. The molecule has 22 heavy (non-hydrogen) atoms. The van der Waals surface area contributed by atoms with Gasteiger partial charge >= 0.3 is 5.97 Å². The second-order valence-corrected chi connectivity index (χ2v) is 5.86. The maximum atomic E-state index is 11.8. The van der Waals surface area contributed by atoms with E-state index in [-0.39, 0.29) is 5.97 Å². The number of methoxy groups -OCH3 is 1. The van der Waals surface area contributed by atoms with Crippen molar-refractivity contribution in [1.82, 2.24) is 4.90 Å². The number of carbonyl (C=O) groups is 1. The van der Waals surface area contributed by atoms with Gasteiger partial charge < -0.3 is 14.2 Å².